The van der Waals surface area contributed by atoms with Crippen molar-refractivity contribution in [1.29, 1.82) is 0 Å². The summed E-state index contributed by atoms with van der Waals surface area (Å²) in [6.07, 6.45) is 71.0. The van der Waals surface area contributed by atoms with Gasteiger partial charge in [0.1, 0.15) is 0 Å². The van der Waals surface area contributed by atoms with Gasteiger partial charge < -0.3 is 20.3 Å². The summed E-state index contributed by atoms with van der Waals surface area (Å²) in [5.41, 5.74) is 0. The maximum Gasteiger partial charge on any atom is 0.305 e. The highest BCUT2D eigenvalue weighted by molar-refractivity contribution is 5.76. The van der Waals surface area contributed by atoms with Gasteiger partial charge in [0.25, 0.3) is 0 Å². The third kappa shape index (κ3) is 53.0. The van der Waals surface area contributed by atoms with Crippen LogP contribution < -0.4 is 5.32 Å². The molecule has 0 aromatic heterocycles. The Hall–Kier alpha value is -2.18. The summed E-state index contributed by atoms with van der Waals surface area (Å²) < 4.78 is 5.44. The van der Waals surface area contributed by atoms with Crippen molar-refractivity contribution in [2.24, 2.45) is 0 Å². The summed E-state index contributed by atoms with van der Waals surface area (Å²) in [6.45, 7) is 4.87. The third-order valence-electron chi connectivity index (χ3n) is 13.4. The number of esters is 1. The first-order valence-corrected chi connectivity index (χ1v) is 29.4. The molecule has 3 N–H and O–H groups in total. The second-order valence-electron chi connectivity index (χ2n) is 20.0. The summed E-state index contributed by atoms with van der Waals surface area (Å²) in [6, 6.07) is -0.550. The van der Waals surface area contributed by atoms with Gasteiger partial charge in [0, 0.05) is 12.8 Å². The van der Waals surface area contributed by atoms with Crippen LogP contribution in [0.25, 0.3) is 0 Å². The van der Waals surface area contributed by atoms with Gasteiger partial charge in [0.05, 0.1) is 25.4 Å². The van der Waals surface area contributed by atoms with Crippen LogP contribution in [0.4, 0.5) is 0 Å². The van der Waals surface area contributed by atoms with Gasteiger partial charge in [-0.15, -0.1) is 0 Å². The van der Waals surface area contributed by atoms with Crippen LogP contribution in [0.3, 0.4) is 0 Å². The van der Waals surface area contributed by atoms with Crippen molar-refractivity contribution in [3.8, 4) is 0 Å². The van der Waals surface area contributed by atoms with Gasteiger partial charge in [-0.1, -0.05) is 255 Å². The summed E-state index contributed by atoms with van der Waals surface area (Å²) in [5.74, 6) is -0.0725. The monoisotopic (exact) mass is 940 g/mol. The van der Waals surface area contributed by atoms with Crippen molar-refractivity contribution in [1.82, 2.24) is 5.32 Å². The van der Waals surface area contributed by atoms with Crippen molar-refractivity contribution in [3.63, 3.8) is 0 Å². The highest BCUT2D eigenvalue weighted by Crippen LogP contribution is 2.17. The van der Waals surface area contributed by atoms with E-state index >= 15 is 0 Å². The summed E-state index contributed by atoms with van der Waals surface area (Å²) >= 11 is 0. The maximum atomic E-state index is 12.5. The topological polar surface area (TPSA) is 95.9 Å². The van der Waals surface area contributed by atoms with E-state index in [1.165, 1.54) is 186 Å². The van der Waals surface area contributed by atoms with Crippen molar-refractivity contribution >= 4 is 11.9 Å². The van der Waals surface area contributed by atoms with Gasteiger partial charge in [0.2, 0.25) is 5.91 Å². The highest BCUT2D eigenvalue weighted by Gasteiger charge is 2.20. The van der Waals surface area contributed by atoms with Crippen molar-refractivity contribution in [2.75, 3.05) is 13.2 Å². The molecule has 2 atom stereocenters. The van der Waals surface area contributed by atoms with E-state index in [2.05, 4.69) is 67.8 Å². The zero-order valence-electron chi connectivity index (χ0n) is 44.6. The number of carbonyl (C=O) groups excluding carboxylic acids is 2. The smallest absolute Gasteiger partial charge is 0.305 e. The van der Waals surface area contributed by atoms with Gasteiger partial charge in [-0.2, -0.15) is 0 Å². The number of allylic oxidation sites excluding steroid dienone is 8. The van der Waals surface area contributed by atoms with Crippen LogP contribution in [0, 0.1) is 0 Å². The van der Waals surface area contributed by atoms with Crippen LogP contribution in [-0.4, -0.2) is 47.4 Å². The Balaban J connectivity index is 3.49. The molecule has 0 aliphatic rings. The molecule has 67 heavy (non-hydrogen) atoms. The van der Waals surface area contributed by atoms with E-state index in [-0.39, 0.29) is 18.5 Å². The molecule has 0 aromatic rings. The Morgan fingerprint density at radius 3 is 1.27 bits per heavy atom. The van der Waals surface area contributed by atoms with Gasteiger partial charge >= 0.3 is 5.97 Å². The molecule has 0 saturated carbocycles. The molecule has 0 radical (unpaired) electrons. The quantitative estimate of drug-likeness (QED) is 0.0244. The average molecular weight is 941 g/mol. The molecular weight excluding hydrogens is 827 g/mol. The Bertz CT molecular complexity index is 1130. The second-order valence-corrected chi connectivity index (χ2v) is 20.0. The number of rotatable bonds is 54. The average Bonchev–Trinajstić information content (AvgIpc) is 3.33. The first-order chi connectivity index (χ1) is 33.0. The summed E-state index contributed by atoms with van der Waals surface area (Å²) in [4.78, 5) is 24.5. The molecule has 0 heterocycles. The lowest BCUT2D eigenvalue weighted by Gasteiger charge is -2.22. The molecule has 6 heteroatoms. The largest absolute Gasteiger partial charge is 0.466 e. The molecule has 0 saturated heterocycles. The maximum absolute atomic E-state index is 12.5. The minimum atomic E-state index is -0.672. The number of hydrogen-bond acceptors (Lipinski definition) is 5. The van der Waals surface area contributed by atoms with E-state index in [0.717, 1.165) is 83.5 Å². The number of aliphatic hydroxyl groups is 2. The Kier molecular flexibility index (Phi) is 54.6. The fourth-order valence-corrected chi connectivity index (χ4v) is 8.82. The van der Waals surface area contributed by atoms with Crippen LogP contribution in [0.2, 0.25) is 0 Å². The molecule has 0 rings (SSSR count). The first-order valence-electron chi connectivity index (χ1n) is 29.4. The molecule has 0 aliphatic heterocycles. The predicted octanol–water partition coefficient (Wildman–Crippen LogP) is 18.2. The lowest BCUT2D eigenvalue weighted by atomic mass is 10.0. The van der Waals surface area contributed by atoms with E-state index < -0.39 is 12.1 Å². The van der Waals surface area contributed by atoms with Crippen molar-refractivity contribution in [3.05, 3.63) is 48.6 Å². The number of nitrogens with one attached hydrogen (secondary N) is 1. The molecule has 0 spiro atoms. The van der Waals surface area contributed by atoms with E-state index in [9.17, 15) is 19.8 Å². The Morgan fingerprint density at radius 2 is 0.806 bits per heavy atom. The first kappa shape index (κ1) is 64.8. The fourth-order valence-electron chi connectivity index (χ4n) is 8.82. The zero-order valence-corrected chi connectivity index (χ0v) is 44.6. The molecule has 1 amide bonds. The molecule has 0 aromatic carbocycles. The van der Waals surface area contributed by atoms with Crippen LogP contribution in [0.15, 0.2) is 48.6 Å². The van der Waals surface area contributed by atoms with Crippen LogP contribution in [0.1, 0.15) is 303 Å². The van der Waals surface area contributed by atoms with Gasteiger partial charge in [-0.05, 0) is 83.5 Å². The van der Waals surface area contributed by atoms with Crippen LogP contribution in [0.5, 0.6) is 0 Å². The third-order valence-corrected chi connectivity index (χ3v) is 13.4. The van der Waals surface area contributed by atoms with Crippen LogP contribution in [-0.2, 0) is 14.3 Å². The summed E-state index contributed by atoms with van der Waals surface area (Å²) in [5, 5.41) is 23.3. The highest BCUT2D eigenvalue weighted by atomic mass is 16.5. The van der Waals surface area contributed by atoms with E-state index in [1.54, 1.807) is 0 Å². The Morgan fingerprint density at radius 1 is 0.433 bits per heavy atom. The normalized spacial score (nSPS) is 13.0. The second kappa shape index (κ2) is 56.4. The molecule has 2 unspecified atom stereocenters. The lowest BCUT2D eigenvalue weighted by molar-refractivity contribution is -0.143. The lowest BCUT2D eigenvalue weighted by Crippen LogP contribution is -2.45. The number of carbonyl (C=O) groups is 2. The van der Waals surface area contributed by atoms with Crippen molar-refractivity contribution in [2.45, 2.75) is 315 Å². The minimum absolute atomic E-state index is 0.0283. The fraction of sp³-hybridized carbons (Fsp3) is 0.836. The van der Waals surface area contributed by atoms with E-state index in [0.29, 0.717) is 25.9 Å². The van der Waals surface area contributed by atoms with Gasteiger partial charge in [-0.25, -0.2) is 0 Å². The van der Waals surface area contributed by atoms with E-state index in [1.807, 2.05) is 0 Å². The predicted molar refractivity (Wildman–Crippen MR) is 292 cm³/mol. The number of aliphatic hydroxyl groups excluding tert-OH is 2. The number of hydrogen-bond donors (Lipinski definition) is 3. The number of unbranched alkanes of at least 4 members (excludes halogenated alkanes) is 36. The SMILES string of the molecule is CCCC/C=C\C/C=C\CCCCCCCC(=O)OCCCCC/C=C\C=C/CCCCCCCCCCCCC(=O)NC(CO)C(O)CCCCCCCCCCCCCCCCCCC. The Labute approximate surface area is 416 Å². The van der Waals surface area contributed by atoms with E-state index in [4.69, 9.17) is 4.74 Å². The zero-order chi connectivity index (χ0) is 48.6. The van der Waals surface area contributed by atoms with Crippen LogP contribution >= 0.6 is 0 Å². The number of amides is 1. The van der Waals surface area contributed by atoms with Gasteiger partial charge in [0.15, 0.2) is 0 Å². The standard InChI is InChI=1S/C61H113NO5/c1-3-5-7-9-11-13-15-17-19-23-26-29-33-37-41-45-49-53-59(64)58(57-63)62-60(65)54-50-46-42-38-34-30-27-24-21-20-22-25-28-32-36-40-44-48-52-56-67-61(66)55-51-47-43-39-35-31-18-16-14-12-10-8-6-4-2/h10,12,16,18,25,28,32,36,58-59,63-64H,3-9,11,13-15,17,19-24,26-27,29-31,33-35,37-57H2,1-2H3,(H,62,65)/b12-10-,18-16-,28-25-,36-32-. The minimum Gasteiger partial charge on any atom is -0.466 e. The molecule has 0 bridgehead atoms. The molecule has 0 aliphatic carbocycles. The molecule has 6 nitrogen and oxygen atoms in total. The van der Waals surface area contributed by atoms with Gasteiger partial charge in [-0.3, -0.25) is 9.59 Å². The molecular formula is C61H113NO5. The summed E-state index contributed by atoms with van der Waals surface area (Å²) in [7, 11) is 0. The number of ether oxygens (including phenoxy) is 1. The molecule has 0 fully saturated rings. The van der Waals surface area contributed by atoms with Crippen molar-refractivity contribution < 1.29 is 24.5 Å². The molecule has 392 valence electrons.